The highest BCUT2D eigenvalue weighted by atomic mass is 15.1. The van der Waals surface area contributed by atoms with Crippen molar-refractivity contribution in [2.24, 2.45) is 0 Å². The zero-order valence-corrected chi connectivity index (χ0v) is 10.3. The van der Waals surface area contributed by atoms with E-state index >= 15 is 0 Å². The molecule has 3 aromatic rings. The molecule has 0 unspecified atom stereocenters. The van der Waals surface area contributed by atoms with Crippen LogP contribution in [0, 0.1) is 6.92 Å². The summed E-state index contributed by atoms with van der Waals surface area (Å²) in [6.45, 7) is 2.05. The Morgan fingerprint density at radius 2 is 1.89 bits per heavy atom. The second-order valence-electron chi connectivity index (χ2n) is 4.49. The maximum absolute atomic E-state index is 6.16. The standard InChI is InChI=1S/C15H15N3/c1-11-6-5-9-18-14(16)13(17-15(11)18)10-12-7-3-2-4-8-12/h2-9H,10,16H2,1H3. The fourth-order valence-corrected chi connectivity index (χ4v) is 2.19. The molecule has 0 aliphatic carbocycles. The van der Waals surface area contributed by atoms with Crippen molar-refractivity contribution < 1.29 is 0 Å². The van der Waals surface area contributed by atoms with E-state index in [-0.39, 0.29) is 0 Å². The maximum atomic E-state index is 6.16. The van der Waals surface area contributed by atoms with Crippen molar-refractivity contribution in [2.75, 3.05) is 5.73 Å². The Bertz CT molecular complexity index is 684. The summed E-state index contributed by atoms with van der Waals surface area (Å²) in [7, 11) is 0. The number of imidazole rings is 1. The lowest BCUT2D eigenvalue weighted by atomic mass is 10.1. The molecule has 0 fully saturated rings. The summed E-state index contributed by atoms with van der Waals surface area (Å²) in [5.41, 5.74) is 10.4. The van der Waals surface area contributed by atoms with Crippen molar-refractivity contribution in [3.8, 4) is 0 Å². The van der Waals surface area contributed by atoms with Gasteiger partial charge in [-0.25, -0.2) is 4.98 Å². The van der Waals surface area contributed by atoms with Gasteiger partial charge in [-0.05, 0) is 24.1 Å². The molecule has 3 nitrogen and oxygen atoms in total. The molecule has 3 heteroatoms. The predicted molar refractivity (Wildman–Crippen MR) is 73.6 cm³/mol. The van der Waals surface area contributed by atoms with E-state index in [1.54, 1.807) is 0 Å². The number of nitrogen functional groups attached to an aromatic ring is 1. The topological polar surface area (TPSA) is 43.3 Å². The lowest BCUT2D eigenvalue weighted by Crippen LogP contribution is -1.97. The third kappa shape index (κ3) is 1.74. The SMILES string of the molecule is Cc1cccn2c(N)c(Cc3ccccc3)nc12. The normalized spacial score (nSPS) is 10.9. The van der Waals surface area contributed by atoms with Crippen molar-refractivity contribution in [3.63, 3.8) is 0 Å². The lowest BCUT2D eigenvalue weighted by Gasteiger charge is -1.99. The van der Waals surface area contributed by atoms with Gasteiger partial charge in [0, 0.05) is 12.6 Å². The second-order valence-corrected chi connectivity index (χ2v) is 4.49. The summed E-state index contributed by atoms with van der Waals surface area (Å²) < 4.78 is 1.95. The van der Waals surface area contributed by atoms with Crippen LogP contribution in [0.2, 0.25) is 0 Å². The molecule has 0 bridgehead atoms. The van der Waals surface area contributed by atoms with Crippen molar-refractivity contribution in [3.05, 3.63) is 65.5 Å². The van der Waals surface area contributed by atoms with Crippen LogP contribution in [0.25, 0.3) is 5.65 Å². The fourth-order valence-electron chi connectivity index (χ4n) is 2.19. The Morgan fingerprint density at radius 3 is 2.61 bits per heavy atom. The molecule has 0 saturated heterocycles. The first-order valence-electron chi connectivity index (χ1n) is 6.01. The zero-order valence-electron chi connectivity index (χ0n) is 10.3. The average molecular weight is 237 g/mol. The van der Waals surface area contributed by atoms with Gasteiger partial charge < -0.3 is 5.73 Å². The highest BCUT2D eigenvalue weighted by molar-refractivity contribution is 5.57. The molecule has 0 radical (unpaired) electrons. The van der Waals surface area contributed by atoms with Crippen LogP contribution in [-0.2, 0) is 6.42 Å². The zero-order chi connectivity index (χ0) is 12.5. The molecule has 0 atom stereocenters. The molecule has 0 aliphatic heterocycles. The van der Waals surface area contributed by atoms with E-state index in [0.29, 0.717) is 0 Å². The van der Waals surface area contributed by atoms with E-state index in [4.69, 9.17) is 5.73 Å². The minimum absolute atomic E-state index is 0.734. The van der Waals surface area contributed by atoms with Crippen LogP contribution in [0.3, 0.4) is 0 Å². The van der Waals surface area contributed by atoms with Gasteiger partial charge in [0.2, 0.25) is 0 Å². The molecule has 0 spiro atoms. The van der Waals surface area contributed by atoms with Crippen LogP contribution < -0.4 is 5.73 Å². The molecule has 2 aromatic heterocycles. The summed E-state index contributed by atoms with van der Waals surface area (Å²) >= 11 is 0. The third-order valence-corrected chi connectivity index (χ3v) is 3.17. The Kier molecular flexibility index (Phi) is 2.52. The maximum Gasteiger partial charge on any atom is 0.141 e. The molecule has 0 amide bonds. The van der Waals surface area contributed by atoms with E-state index in [1.807, 2.05) is 47.9 Å². The van der Waals surface area contributed by atoms with Gasteiger partial charge in [-0.3, -0.25) is 4.40 Å². The Morgan fingerprint density at radius 1 is 1.11 bits per heavy atom. The highest BCUT2D eigenvalue weighted by Crippen LogP contribution is 2.20. The summed E-state index contributed by atoms with van der Waals surface area (Å²) in [6, 6.07) is 14.3. The number of anilines is 1. The van der Waals surface area contributed by atoms with Crippen molar-refractivity contribution in [1.29, 1.82) is 0 Å². The van der Waals surface area contributed by atoms with E-state index in [0.717, 1.165) is 29.1 Å². The van der Waals surface area contributed by atoms with Crippen LogP contribution in [0.1, 0.15) is 16.8 Å². The fraction of sp³-hybridized carbons (Fsp3) is 0.133. The largest absolute Gasteiger partial charge is 0.383 e. The van der Waals surface area contributed by atoms with Gasteiger partial charge in [-0.2, -0.15) is 0 Å². The van der Waals surface area contributed by atoms with Crippen molar-refractivity contribution >= 4 is 11.5 Å². The number of aryl methyl sites for hydroxylation is 1. The molecule has 1 aromatic carbocycles. The molecule has 90 valence electrons. The van der Waals surface area contributed by atoms with Gasteiger partial charge in [0.25, 0.3) is 0 Å². The van der Waals surface area contributed by atoms with Crippen LogP contribution in [0.5, 0.6) is 0 Å². The summed E-state index contributed by atoms with van der Waals surface area (Å²) in [5, 5.41) is 0. The molecular formula is C15H15N3. The van der Waals surface area contributed by atoms with Crippen LogP contribution in [0.4, 0.5) is 5.82 Å². The first-order chi connectivity index (χ1) is 8.75. The quantitative estimate of drug-likeness (QED) is 0.744. The Hall–Kier alpha value is -2.29. The van der Waals surface area contributed by atoms with Gasteiger partial charge in [0.1, 0.15) is 11.5 Å². The minimum atomic E-state index is 0.734. The van der Waals surface area contributed by atoms with Gasteiger partial charge >= 0.3 is 0 Å². The third-order valence-electron chi connectivity index (χ3n) is 3.17. The first kappa shape index (κ1) is 10.8. The van der Waals surface area contributed by atoms with Crippen molar-refractivity contribution in [2.45, 2.75) is 13.3 Å². The number of hydrogen-bond donors (Lipinski definition) is 1. The first-order valence-corrected chi connectivity index (χ1v) is 6.01. The minimum Gasteiger partial charge on any atom is -0.383 e. The number of nitrogens with two attached hydrogens (primary N) is 1. The van der Waals surface area contributed by atoms with E-state index in [1.165, 1.54) is 5.56 Å². The number of nitrogens with zero attached hydrogens (tertiary/aromatic N) is 2. The number of benzene rings is 1. The summed E-state index contributed by atoms with van der Waals surface area (Å²) in [5.74, 6) is 0.734. The number of fused-ring (bicyclic) bond motifs is 1. The monoisotopic (exact) mass is 237 g/mol. The van der Waals surface area contributed by atoms with Crippen LogP contribution in [0.15, 0.2) is 48.7 Å². The van der Waals surface area contributed by atoms with E-state index in [2.05, 4.69) is 17.1 Å². The van der Waals surface area contributed by atoms with E-state index < -0.39 is 0 Å². The molecule has 18 heavy (non-hydrogen) atoms. The summed E-state index contributed by atoms with van der Waals surface area (Å²) in [4.78, 5) is 4.65. The lowest BCUT2D eigenvalue weighted by molar-refractivity contribution is 1.12. The molecule has 0 aliphatic rings. The molecule has 2 N–H and O–H groups in total. The Labute approximate surface area is 106 Å². The van der Waals surface area contributed by atoms with Gasteiger partial charge in [0.15, 0.2) is 0 Å². The molecule has 2 heterocycles. The predicted octanol–water partition coefficient (Wildman–Crippen LogP) is 2.82. The smallest absolute Gasteiger partial charge is 0.141 e. The van der Waals surface area contributed by atoms with Crippen LogP contribution >= 0.6 is 0 Å². The highest BCUT2D eigenvalue weighted by Gasteiger charge is 2.10. The van der Waals surface area contributed by atoms with Gasteiger partial charge in [-0.15, -0.1) is 0 Å². The average Bonchev–Trinajstić information content (AvgIpc) is 2.70. The molecular weight excluding hydrogens is 222 g/mol. The number of pyridine rings is 1. The molecule has 3 rings (SSSR count). The van der Waals surface area contributed by atoms with Gasteiger partial charge in [-0.1, -0.05) is 36.4 Å². The van der Waals surface area contributed by atoms with Crippen molar-refractivity contribution in [1.82, 2.24) is 9.38 Å². The second kappa shape index (κ2) is 4.18. The molecule has 0 saturated carbocycles. The summed E-state index contributed by atoms with van der Waals surface area (Å²) in [6.07, 6.45) is 2.73. The van der Waals surface area contributed by atoms with Gasteiger partial charge in [0.05, 0.1) is 5.69 Å². The number of aromatic nitrogens is 2. The number of rotatable bonds is 2. The number of hydrogen-bond acceptors (Lipinski definition) is 2. The van der Waals surface area contributed by atoms with E-state index in [9.17, 15) is 0 Å². The Balaban J connectivity index is 2.08. The van der Waals surface area contributed by atoms with Crippen LogP contribution in [-0.4, -0.2) is 9.38 Å².